The second-order valence-electron chi connectivity index (χ2n) is 5.95. The number of hydrogen-bond donors (Lipinski definition) is 1. The summed E-state index contributed by atoms with van der Waals surface area (Å²) < 4.78 is 32.0. The smallest absolute Gasteiger partial charge is 0.294 e. The molecule has 1 saturated heterocycles. The molecule has 1 aliphatic heterocycles. The number of hydrogen-bond acceptors (Lipinski definition) is 5. The Bertz CT molecular complexity index is 1010. The zero-order valence-corrected chi connectivity index (χ0v) is 16.1. The van der Waals surface area contributed by atoms with Crippen molar-refractivity contribution in [1.29, 1.82) is 0 Å². The van der Waals surface area contributed by atoms with Crippen molar-refractivity contribution < 1.29 is 27.9 Å². The molecule has 1 heterocycles. The minimum Gasteiger partial charge on any atom is -0.494 e. The molecule has 1 N–H and O–H groups in total. The van der Waals surface area contributed by atoms with Crippen LogP contribution in [0.4, 0.5) is 19.3 Å². The molecule has 0 radical (unpaired) electrons. The van der Waals surface area contributed by atoms with E-state index in [1.54, 1.807) is 24.3 Å². The molecule has 150 valence electrons. The standard InChI is InChI=1S/C20H16F2N2O4S/c1-2-28-14-5-3-4-12(8-14)9-17-19(26)24(20(27)29-17)11-18(25)23-16-7-6-13(21)10-15(16)22/h3-10H,2,11H2,1H3,(H,23,25)/b17-9-. The molecule has 3 rings (SSSR count). The third kappa shape index (κ3) is 5.00. The highest BCUT2D eigenvalue weighted by Crippen LogP contribution is 2.32. The average molecular weight is 418 g/mol. The van der Waals surface area contributed by atoms with Crippen LogP contribution in [0, 0.1) is 11.6 Å². The van der Waals surface area contributed by atoms with E-state index in [-0.39, 0.29) is 10.6 Å². The average Bonchev–Trinajstić information content (AvgIpc) is 2.92. The quantitative estimate of drug-likeness (QED) is 0.717. The van der Waals surface area contributed by atoms with E-state index in [1.807, 2.05) is 6.92 Å². The van der Waals surface area contributed by atoms with Gasteiger partial charge >= 0.3 is 0 Å². The number of carbonyl (C=O) groups excluding carboxylic acids is 3. The highest BCUT2D eigenvalue weighted by atomic mass is 32.2. The van der Waals surface area contributed by atoms with Gasteiger partial charge in [0.2, 0.25) is 5.91 Å². The molecular formula is C20H16F2N2O4S. The second kappa shape index (κ2) is 8.87. The van der Waals surface area contributed by atoms with Crippen molar-refractivity contribution in [3.63, 3.8) is 0 Å². The van der Waals surface area contributed by atoms with Crippen LogP contribution in [0.25, 0.3) is 6.08 Å². The fourth-order valence-corrected chi connectivity index (χ4v) is 3.41. The number of anilines is 1. The lowest BCUT2D eigenvalue weighted by Gasteiger charge is -2.12. The highest BCUT2D eigenvalue weighted by Gasteiger charge is 2.36. The molecule has 2 aromatic carbocycles. The maximum absolute atomic E-state index is 13.6. The van der Waals surface area contributed by atoms with Gasteiger partial charge in [-0.2, -0.15) is 0 Å². The Morgan fingerprint density at radius 1 is 1.21 bits per heavy atom. The first-order valence-electron chi connectivity index (χ1n) is 8.60. The number of carbonyl (C=O) groups is 3. The highest BCUT2D eigenvalue weighted by molar-refractivity contribution is 8.18. The molecule has 0 atom stereocenters. The summed E-state index contributed by atoms with van der Waals surface area (Å²) in [5.41, 5.74) is 0.422. The van der Waals surface area contributed by atoms with Gasteiger partial charge in [-0.1, -0.05) is 12.1 Å². The number of benzene rings is 2. The number of amides is 3. The van der Waals surface area contributed by atoms with Crippen molar-refractivity contribution in [3.05, 3.63) is 64.6 Å². The lowest BCUT2D eigenvalue weighted by molar-refractivity contribution is -0.127. The lowest BCUT2D eigenvalue weighted by atomic mass is 10.2. The molecule has 6 nitrogen and oxygen atoms in total. The fourth-order valence-electron chi connectivity index (χ4n) is 2.57. The summed E-state index contributed by atoms with van der Waals surface area (Å²) >= 11 is 0.703. The van der Waals surface area contributed by atoms with Gasteiger partial charge in [-0.15, -0.1) is 0 Å². The summed E-state index contributed by atoms with van der Waals surface area (Å²) in [6.45, 7) is 1.75. The van der Waals surface area contributed by atoms with E-state index in [2.05, 4.69) is 5.32 Å². The van der Waals surface area contributed by atoms with E-state index in [9.17, 15) is 23.2 Å². The van der Waals surface area contributed by atoms with Crippen molar-refractivity contribution in [3.8, 4) is 5.75 Å². The van der Waals surface area contributed by atoms with Crippen molar-refractivity contribution >= 4 is 40.6 Å². The summed E-state index contributed by atoms with van der Waals surface area (Å²) in [6.07, 6.45) is 1.53. The zero-order valence-electron chi connectivity index (χ0n) is 15.3. The predicted molar refractivity (Wildman–Crippen MR) is 105 cm³/mol. The zero-order chi connectivity index (χ0) is 21.0. The lowest BCUT2D eigenvalue weighted by Crippen LogP contribution is -2.36. The van der Waals surface area contributed by atoms with Gasteiger partial charge in [0.1, 0.15) is 23.9 Å². The van der Waals surface area contributed by atoms with Crippen LogP contribution in [-0.2, 0) is 9.59 Å². The van der Waals surface area contributed by atoms with Crippen LogP contribution in [-0.4, -0.2) is 35.1 Å². The van der Waals surface area contributed by atoms with E-state index >= 15 is 0 Å². The fraction of sp³-hybridized carbons (Fsp3) is 0.150. The van der Waals surface area contributed by atoms with Crippen molar-refractivity contribution in [2.24, 2.45) is 0 Å². The molecule has 0 saturated carbocycles. The van der Waals surface area contributed by atoms with Crippen molar-refractivity contribution in [1.82, 2.24) is 4.90 Å². The molecule has 1 fully saturated rings. The topological polar surface area (TPSA) is 75.7 Å². The number of nitrogens with zero attached hydrogens (tertiary/aromatic N) is 1. The molecule has 29 heavy (non-hydrogen) atoms. The normalized spacial score (nSPS) is 15.1. The number of imide groups is 1. The van der Waals surface area contributed by atoms with E-state index in [0.717, 1.165) is 17.0 Å². The Morgan fingerprint density at radius 2 is 2.00 bits per heavy atom. The first-order valence-corrected chi connectivity index (χ1v) is 9.42. The van der Waals surface area contributed by atoms with E-state index in [1.165, 1.54) is 6.08 Å². The Labute approximate surface area is 169 Å². The molecule has 2 aromatic rings. The van der Waals surface area contributed by atoms with E-state index < -0.39 is 35.2 Å². The summed E-state index contributed by atoms with van der Waals surface area (Å²) in [5.74, 6) is -2.53. The van der Waals surface area contributed by atoms with Crippen LogP contribution in [0.2, 0.25) is 0 Å². The SMILES string of the molecule is CCOc1cccc(/C=C2\SC(=O)N(CC(=O)Nc3ccc(F)cc3F)C2=O)c1. The molecule has 0 aliphatic carbocycles. The van der Waals surface area contributed by atoms with Crippen LogP contribution >= 0.6 is 11.8 Å². The Kier molecular flexibility index (Phi) is 6.28. The van der Waals surface area contributed by atoms with Crippen LogP contribution in [0.1, 0.15) is 12.5 Å². The van der Waals surface area contributed by atoms with Crippen LogP contribution in [0.3, 0.4) is 0 Å². The molecule has 9 heteroatoms. The van der Waals surface area contributed by atoms with E-state index in [0.29, 0.717) is 35.7 Å². The molecule has 0 spiro atoms. The van der Waals surface area contributed by atoms with Gasteiger partial charge < -0.3 is 10.1 Å². The summed E-state index contributed by atoms with van der Waals surface area (Å²) in [5, 5.41) is 1.61. The third-order valence-electron chi connectivity index (χ3n) is 3.85. The summed E-state index contributed by atoms with van der Waals surface area (Å²) in [7, 11) is 0. The predicted octanol–water partition coefficient (Wildman–Crippen LogP) is 4.04. The number of ether oxygens (including phenoxy) is 1. The van der Waals surface area contributed by atoms with Crippen LogP contribution < -0.4 is 10.1 Å². The van der Waals surface area contributed by atoms with Gasteiger partial charge in [0.05, 0.1) is 17.2 Å². The Balaban J connectivity index is 1.70. The first kappa shape index (κ1) is 20.5. The first-order chi connectivity index (χ1) is 13.9. The minimum absolute atomic E-state index is 0.157. The van der Waals surface area contributed by atoms with E-state index in [4.69, 9.17) is 4.74 Å². The Morgan fingerprint density at radius 3 is 2.72 bits per heavy atom. The van der Waals surface area contributed by atoms with Crippen molar-refractivity contribution in [2.75, 3.05) is 18.5 Å². The number of nitrogens with one attached hydrogen (secondary N) is 1. The van der Waals surface area contributed by atoms with Gasteiger partial charge in [0.15, 0.2) is 0 Å². The molecule has 0 aromatic heterocycles. The molecule has 0 bridgehead atoms. The largest absolute Gasteiger partial charge is 0.494 e. The van der Waals surface area contributed by atoms with Gasteiger partial charge in [0.25, 0.3) is 11.1 Å². The van der Waals surface area contributed by atoms with Crippen molar-refractivity contribution in [2.45, 2.75) is 6.92 Å². The number of rotatable bonds is 6. The minimum atomic E-state index is -0.957. The molecule has 1 aliphatic rings. The maximum Gasteiger partial charge on any atom is 0.294 e. The molecule has 0 unspecified atom stereocenters. The van der Waals surface area contributed by atoms with Crippen LogP contribution in [0.5, 0.6) is 5.75 Å². The summed E-state index contributed by atoms with van der Waals surface area (Å²) in [6, 6.07) is 9.66. The number of halogens is 2. The van der Waals surface area contributed by atoms with Gasteiger partial charge in [0, 0.05) is 6.07 Å². The van der Waals surface area contributed by atoms with Gasteiger partial charge in [-0.25, -0.2) is 8.78 Å². The second-order valence-corrected chi connectivity index (χ2v) is 6.94. The monoisotopic (exact) mass is 418 g/mol. The van der Waals surface area contributed by atoms with Gasteiger partial charge in [-0.05, 0) is 54.6 Å². The number of thioether (sulfide) groups is 1. The maximum atomic E-state index is 13.6. The Hall–Kier alpha value is -3.20. The third-order valence-corrected chi connectivity index (χ3v) is 4.75. The van der Waals surface area contributed by atoms with Crippen LogP contribution in [0.15, 0.2) is 47.4 Å². The molecular weight excluding hydrogens is 402 g/mol. The summed E-state index contributed by atoms with van der Waals surface area (Å²) in [4.78, 5) is 37.7. The molecule has 3 amide bonds. The van der Waals surface area contributed by atoms with Gasteiger partial charge in [-0.3, -0.25) is 19.3 Å².